The molecule has 58 valence electrons. The van der Waals surface area contributed by atoms with E-state index in [-0.39, 0.29) is 5.78 Å². The van der Waals surface area contributed by atoms with Crippen LogP contribution in [0.5, 0.6) is 0 Å². The van der Waals surface area contributed by atoms with Gasteiger partial charge in [0.05, 0.1) is 0 Å². The fourth-order valence-corrected chi connectivity index (χ4v) is 0.795. The van der Waals surface area contributed by atoms with Crippen molar-refractivity contribution < 1.29 is 9.21 Å². The molecule has 0 saturated carbocycles. The second kappa shape index (κ2) is 2.74. The normalized spacial score (nSPS) is 9.64. The van der Waals surface area contributed by atoms with Gasteiger partial charge in [0.15, 0.2) is 5.76 Å². The number of rotatable bonds is 2. The highest BCUT2D eigenvalue weighted by molar-refractivity contribution is 6.02. The molecule has 0 aliphatic carbocycles. The van der Waals surface area contributed by atoms with Gasteiger partial charge in [-0.05, 0) is 31.6 Å². The predicted molar refractivity (Wildman–Crippen MR) is 42.7 cm³/mol. The summed E-state index contributed by atoms with van der Waals surface area (Å²) in [6.07, 6.45) is 1.25. The molecular weight excluding hydrogens is 140 g/mol. The fraction of sp³-hybridized carbons (Fsp3) is 0.222. The molecule has 0 fully saturated rings. The summed E-state index contributed by atoms with van der Waals surface area (Å²) in [7, 11) is 0. The van der Waals surface area contributed by atoms with Crippen LogP contribution in [0.15, 0.2) is 23.1 Å². The molecule has 1 heterocycles. The van der Waals surface area contributed by atoms with Crippen LogP contribution in [-0.2, 0) is 0 Å². The highest BCUT2D eigenvalue weighted by Gasteiger charge is 2.07. The lowest BCUT2D eigenvalue weighted by molar-refractivity contribution is 0.102. The van der Waals surface area contributed by atoms with E-state index in [1.54, 1.807) is 6.07 Å². The number of hydrogen-bond acceptors (Lipinski definition) is 2. The van der Waals surface area contributed by atoms with Gasteiger partial charge in [-0.1, -0.05) is 6.58 Å². The lowest BCUT2D eigenvalue weighted by Crippen LogP contribution is -1.88. The van der Waals surface area contributed by atoms with Crippen LogP contribution in [0.4, 0.5) is 0 Å². The Morgan fingerprint density at radius 2 is 2.27 bits per heavy atom. The molecule has 0 aliphatic rings. The minimum atomic E-state index is -0.166. The van der Waals surface area contributed by atoms with Gasteiger partial charge in [0, 0.05) is 0 Å². The van der Waals surface area contributed by atoms with E-state index in [0.29, 0.717) is 5.76 Å². The second-order valence-electron chi connectivity index (χ2n) is 2.42. The minimum Gasteiger partial charge on any atom is -0.458 e. The van der Waals surface area contributed by atoms with Gasteiger partial charge < -0.3 is 4.42 Å². The number of furan rings is 1. The van der Waals surface area contributed by atoms with Crippen molar-refractivity contribution in [2.45, 2.75) is 13.8 Å². The van der Waals surface area contributed by atoms with Gasteiger partial charge in [-0.2, -0.15) is 0 Å². The van der Waals surface area contributed by atoms with Crippen LogP contribution in [-0.4, -0.2) is 5.78 Å². The molecule has 11 heavy (non-hydrogen) atoms. The maximum Gasteiger partial charge on any atom is 0.220 e. The first-order valence-corrected chi connectivity index (χ1v) is 3.39. The maximum absolute atomic E-state index is 11.0. The third-order valence-corrected chi connectivity index (χ3v) is 1.59. The zero-order chi connectivity index (χ0) is 8.43. The Morgan fingerprint density at radius 3 is 2.64 bits per heavy atom. The van der Waals surface area contributed by atoms with Crippen LogP contribution in [0.1, 0.15) is 21.9 Å². The number of carbonyl (C=O) groups excluding carboxylic acids is 1. The molecule has 2 heteroatoms. The summed E-state index contributed by atoms with van der Waals surface area (Å²) in [5.74, 6) is 0.992. The fourth-order valence-electron chi connectivity index (χ4n) is 0.795. The summed E-state index contributed by atoms with van der Waals surface area (Å²) in [5, 5.41) is 0. The van der Waals surface area contributed by atoms with E-state index in [1.165, 1.54) is 6.08 Å². The average Bonchev–Trinajstić information content (AvgIpc) is 2.31. The number of hydrogen-bond donors (Lipinski definition) is 0. The zero-order valence-electron chi connectivity index (χ0n) is 6.68. The van der Waals surface area contributed by atoms with E-state index in [2.05, 4.69) is 6.58 Å². The van der Waals surface area contributed by atoms with Crippen LogP contribution in [0, 0.1) is 13.8 Å². The van der Waals surface area contributed by atoms with Crippen molar-refractivity contribution in [2.24, 2.45) is 0 Å². The predicted octanol–water partition coefficient (Wildman–Crippen LogP) is 2.27. The summed E-state index contributed by atoms with van der Waals surface area (Å²) in [5.41, 5.74) is 0.996. The van der Waals surface area contributed by atoms with Crippen molar-refractivity contribution in [1.82, 2.24) is 0 Å². The monoisotopic (exact) mass is 150 g/mol. The van der Waals surface area contributed by atoms with Crippen molar-refractivity contribution >= 4 is 5.78 Å². The van der Waals surface area contributed by atoms with Crippen LogP contribution < -0.4 is 0 Å². The Hall–Kier alpha value is -1.31. The van der Waals surface area contributed by atoms with Crippen molar-refractivity contribution in [3.8, 4) is 0 Å². The molecule has 1 rings (SSSR count). The summed E-state index contributed by atoms with van der Waals surface area (Å²) in [6.45, 7) is 7.10. The number of allylic oxidation sites excluding steroid dienone is 1. The largest absolute Gasteiger partial charge is 0.458 e. The van der Waals surface area contributed by atoms with Crippen LogP contribution in [0.25, 0.3) is 0 Å². The summed E-state index contributed by atoms with van der Waals surface area (Å²) >= 11 is 0. The van der Waals surface area contributed by atoms with Crippen LogP contribution in [0.2, 0.25) is 0 Å². The van der Waals surface area contributed by atoms with Gasteiger partial charge in [-0.25, -0.2) is 0 Å². The van der Waals surface area contributed by atoms with Crippen molar-refractivity contribution in [2.75, 3.05) is 0 Å². The number of ketones is 1. The molecule has 0 spiro atoms. The van der Waals surface area contributed by atoms with Gasteiger partial charge >= 0.3 is 0 Å². The molecule has 0 N–H and O–H groups in total. The van der Waals surface area contributed by atoms with E-state index >= 15 is 0 Å². The molecule has 0 bridgehead atoms. The molecule has 0 atom stereocenters. The standard InChI is InChI=1S/C9H10O2/c1-4-8(10)9-5-6(2)7(3)11-9/h4-5H,1H2,2-3H3. The molecule has 0 aliphatic heterocycles. The average molecular weight is 150 g/mol. The first kappa shape index (κ1) is 7.79. The Labute approximate surface area is 65.5 Å². The molecule has 1 aromatic rings. The minimum absolute atomic E-state index is 0.166. The van der Waals surface area contributed by atoms with Crippen molar-refractivity contribution in [3.05, 3.63) is 35.8 Å². The topological polar surface area (TPSA) is 30.2 Å². The molecule has 1 aromatic heterocycles. The lowest BCUT2D eigenvalue weighted by atomic mass is 10.2. The Kier molecular flexibility index (Phi) is 1.94. The highest BCUT2D eigenvalue weighted by Crippen LogP contribution is 2.13. The summed E-state index contributed by atoms with van der Waals surface area (Å²) in [6, 6.07) is 1.72. The third-order valence-electron chi connectivity index (χ3n) is 1.59. The van der Waals surface area contributed by atoms with E-state index < -0.39 is 0 Å². The molecule has 0 aromatic carbocycles. The van der Waals surface area contributed by atoms with Crippen LogP contribution >= 0.6 is 0 Å². The molecule has 0 unspecified atom stereocenters. The smallest absolute Gasteiger partial charge is 0.220 e. The van der Waals surface area contributed by atoms with Gasteiger partial charge in [-0.15, -0.1) is 0 Å². The zero-order valence-corrected chi connectivity index (χ0v) is 6.68. The van der Waals surface area contributed by atoms with E-state index in [9.17, 15) is 4.79 Å². The molecule has 0 amide bonds. The van der Waals surface area contributed by atoms with Crippen molar-refractivity contribution in [3.63, 3.8) is 0 Å². The molecule has 0 saturated heterocycles. The summed E-state index contributed by atoms with van der Waals surface area (Å²) in [4.78, 5) is 11.0. The number of carbonyl (C=O) groups is 1. The first-order chi connectivity index (χ1) is 5.15. The number of aryl methyl sites for hydroxylation is 2. The quantitative estimate of drug-likeness (QED) is 0.478. The van der Waals surface area contributed by atoms with Gasteiger partial charge in [0.1, 0.15) is 5.76 Å². The second-order valence-corrected chi connectivity index (χ2v) is 2.42. The van der Waals surface area contributed by atoms with E-state index in [4.69, 9.17) is 4.42 Å². The highest BCUT2D eigenvalue weighted by atomic mass is 16.3. The summed E-state index contributed by atoms with van der Waals surface area (Å²) < 4.78 is 5.15. The molecule has 0 radical (unpaired) electrons. The van der Waals surface area contributed by atoms with E-state index in [1.807, 2.05) is 13.8 Å². The lowest BCUT2D eigenvalue weighted by Gasteiger charge is -1.85. The van der Waals surface area contributed by atoms with Crippen LogP contribution in [0.3, 0.4) is 0 Å². The van der Waals surface area contributed by atoms with Gasteiger partial charge in [0.25, 0.3) is 0 Å². The Bertz CT molecular complexity index is 275. The SMILES string of the molecule is C=CC(=O)c1cc(C)c(C)o1. The molecule has 2 nitrogen and oxygen atoms in total. The Balaban J connectivity index is 3.06. The van der Waals surface area contributed by atoms with Gasteiger partial charge in [-0.3, -0.25) is 4.79 Å². The first-order valence-electron chi connectivity index (χ1n) is 3.39. The van der Waals surface area contributed by atoms with Gasteiger partial charge in [0.2, 0.25) is 5.78 Å². The Morgan fingerprint density at radius 1 is 1.64 bits per heavy atom. The molecular formula is C9H10O2. The third kappa shape index (κ3) is 1.40. The van der Waals surface area contributed by atoms with E-state index in [0.717, 1.165) is 11.3 Å². The maximum atomic E-state index is 11.0. The van der Waals surface area contributed by atoms with Crippen molar-refractivity contribution in [1.29, 1.82) is 0 Å².